The molecule has 0 atom stereocenters. The van der Waals surface area contributed by atoms with E-state index in [4.69, 9.17) is 4.74 Å². The highest BCUT2D eigenvalue weighted by molar-refractivity contribution is 6.12. The van der Waals surface area contributed by atoms with Gasteiger partial charge in [-0.1, -0.05) is 6.07 Å². The first-order chi connectivity index (χ1) is 18.6. The Morgan fingerprint density at radius 1 is 1.05 bits per heavy atom. The summed E-state index contributed by atoms with van der Waals surface area (Å²) in [6.07, 6.45) is 6.63. The number of carboxylic acid groups (broad SMARTS) is 1. The van der Waals surface area contributed by atoms with Gasteiger partial charge in [-0.15, -0.1) is 0 Å². The molecule has 1 aliphatic rings. The Labute approximate surface area is 224 Å². The van der Waals surface area contributed by atoms with Crippen LogP contribution in [-0.4, -0.2) is 71.3 Å². The standard InChI is InChI=1S/C27H29N7O5/c1-27(2,3)39-26(38)32-12-8-20(9-13-32)33-16-18(15-29-33)17-4-5-22-21(14-17)23(31-34(22)25(36)37)24(35)30-19-6-10-28-11-7-19/h4-7,10-11,14-16,20H,8-9,12-13H2,1-3H3,(H,36,37)(H,28,30,35). The molecule has 4 heterocycles. The van der Waals surface area contributed by atoms with Crippen LogP contribution >= 0.6 is 0 Å². The van der Waals surface area contributed by atoms with Crippen molar-refractivity contribution in [2.75, 3.05) is 18.4 Å². The van der Waals surface area contributed by atoms with Crippen LogP contribution in [0.5, 0.6) is 0 Å². The number of benzene rings is 1. The van der Waals surface area contributed by atoms with Crippen molar-refractivity contribution in [3.8, 4) is 11.1 Å². The van der Waals surface area contributed by atoms with Gasteiger partial charge in [0.2, 0.25) is 0 Å². The van der Waals surface area contributed by atoms with Crippen LogP contribution in [0.4, 0.5) is 15.3 Å². The number of rotatable bonds is 4. The van der Waals surface area contributed by atoms with E-state index < -0.39 is 17.6 Å². The van der Waals surface area contributed by atoms with Gasteiger partial charge in [0.15, 0.2) is 5.69 Å². The van der Waals surface area contributed by atoms with Gasteiger partial charge >= 0.3 is 12.2 Å². The number of amides is 2. The summed E-state index contributed by atoms with van der Waals surface area (Å²) in [5.74, 6) is -0.532. The molecule has 2 N–H and O–H groups in total. The Morgan fingerprint density at radius 3 is 2.44 bits per heavy atom. The number of anilines is 1. The molecule has 0 aliphatic carbocycles. The fourth-order valence-corrected chi connectivity index (χ4v) is 4.56. The maximum absolute atomic E-state index is 13.0. The molecular formula is C27H29N7O5. The van der Waals surface area contributed by atoms with Crippen molar-refractivity contribution < 1.29 is 24.2 Å². The molecule has 3 aromatic heterocycles. The van der Waals surface area contributed by atoms with E-state index in [-0.39, 0.29) is 17.8 Å². The van der Waals surface area contributed by atoms with E-state index in [0.717, 1.165) is 28.7 Å². The number of ether oxygens (including phenoxy) is 1. The summed E-state index contributed by atoms with van der Waals surface area (Å²) in [5.41, 5.74) is 1.86. The van der Waals surface area contributed by atoms with Crippen LogP contribution in [0, 0.1) is 0 Å². The SMILES string of the molecule is CC(C)(C)OC(=O)N1CCC(n2cc(-c3ccc4c(c3)c(C(=O)Nc3ccncc3)nn4C(=O)O)cn2)CC1. The fraction of sp³-hybridized carbons (Fsp3) is 0.333. The van der Waals surface area contributed by atoms with E-state index in [9.17, 15) is 19.5 Å². The second-order valence-corrected chi connectivity index (χ2v) is 10.4. The molecule has 1 saturated heterocycles. The quantitative estimate of drug-likeness (QED) is 0.387. The molecule has 0 spiro atoms. The van der Waals surface area contributed by atoms with Crippen molar-refractivity contribution in [3.63, 3.8) is 0 Å². The number of hydrogen-bond acceptors (Lipinski definition) is 7. The molecule has 5 rings (SSSR count). The Bertz CT molecular complexity index is 1530. The first kappa shape index (κ1) is 25.9. The van der Waals surface area contributed by atoms with Gasteiger partial charge in [0.25, 0.3) is 5.91 Å². The van der Waals surface area contributed by atoms with Gasteiger partial charge in [0, 0.05) is 48.3 Å². The third-order valence-electron chi connectivity index (χ3n) is 6.44. The third-order valence-corrected chi connectivity index (χ3v) is 6.44. The van der Waals surface area contributed by atoms with Gasteiger partial charge in [-0.25, -0.2) is 9.59 Å². The molecule has 1 fully saturated rings. The van der Waals surface area contributed by atoms with Crippen LogP contribution in [0.1, 0.15) is 50.1 Å². The van der Waals surface area contributed by atoms with Crippen LogP contribution in [0.15, 0.2) is 55.1 Å². The van der Waals surface area contributed by atoms with Gasteiger partial charge in [-0.2, -0.15) is 14.9 Å². The lowest BCUT2D eigenvalue weighted by Gasteiger charge is -2.33. The van der Waals surface area contributed by atoms with Crippen LogP contribution < -0.4 is 5.32 Å². The van der Waals surface area contributed by atoms with Gasteiger partial charge in [0.1, 0.15) is 5.60 Å². The minimum atomic E-state index is -1.29. The minimum Gasteiger partial charge on any atom is -0.463 e. The Kier molecular flexibility index (Phi) is 6.77. The summed E-state index contributed by atoms with van der Waals surface area (Å²) < 4.78 is 8.17. The number of nitrogens with zero attached hydrogens (tertiary/aromatic N) is 6. The predicted octanol–water partition coefficient (Wildman–Crippen LogP) is 4.65. The number of hydrogen-bond donors (Lipinski definition) is 2. The number of pyridine rings is 1. The van der Waals surface area contributed by atoms with E-state index in [1.54, 1.807) is 53.8 Å². The normalized spacial score (nSPS) is 14.4. The number of piperidine rings is 1. The zero-order valence-corrected chi connectivity index (χ0v) is 21.9. The van der Waals surface area contributed by atoms with Crippen molar-refractivity contribution in [3.05, 3.63) is 60.8 Å². The van der Waals surface area contributed by atoms with Gasteiger partial charge < -0.3 is 20.1 Å². The van der Waals surface area contributed by atoms with Gasteiger partial charge in [0.05, 0.1) is 17.8 Å². The minimum absolute atomic E-state index is 0.00651. The number of likely N-dealkylation sites (tertiary alicyclic amines) is 1. The largest absolute Gasteiger partial charge is 0.463 e. The summed E-state index contributed by atoms with van der Waals surface area (Å²) in [6.45, 7) is 6.70. The van der Waals surface area contributed by atoms with Crippen molar-refractivity contribution in [2.24, 2.45) is 0 Å². The number of nitrogens with one attached hydrogen (secondary N) is 1. The van der Waals surface area contributed by atoms with Crippen molar-refractivity contribution in [1.29, 1.82) is 0 Å². The maximum atomic E-state index is 13.0. The van der Waals surface area contributed by atoms with Crippen molar-refractivity contribution in [2.45, 2.75) is 45.3 Å². The predicted molar refractivity (Wildman–Crippen MR) is 143 cm³/mol. The average molecular weight is 532 g/mol. The van der Waals surface area contributed by atoms with Crippen molar-refractivity contribution >= 4 is 34.7 Å². The van der Waals surface area contributed by atoms with Crippen LogP contribution in [0.2, 0.25) is 0 Å². The van der Waals surface area contributed by atoms with Crippen molar-refractivity contribution in [1.82, 2.24) is 29.4 Å². The molecule has 4 aromatic rings. The average Bonchev–Trinajstić information content (AvgIpc) is 3.54. The van der Waals surface area contributed by atoms with E-state index in [2.05, 4.69) is 20.5 Å². The molecule has 0 unspecified atom stereocenters. The highest BCUT2D eigenvalue weighted by atomic mass is 16.6. The maximum Gasteiger partial charge on any atom is 0.432 e. The molecule has 12 nitrogen and oxygen atoms in total. The molecule has 2 amide bonds. The summed E-state index contributed by atoms with van der Waals surface area (Å²) in [4.78, 5) is 42.8. The molecule has 12 heteroatoms. The summed E-state index contributed by atoms with van der Waals surface area (Å²) in [6, 6.07) is 8.54. The molecule has 0 saturated carbocycles. The number of fused-ring (bicyclic) bond motifs is 1. The van der Waals surface area contributed by atoms with Gasteiger partial charge in [-0.3, -0.25) is 14.5 Å². The van der Waals surface area contributed by atoms with Gasteiger partial charge in [-0.05, 0) is 63.4 Å². The number of carbonyl (C=O) groups excluding carboxylic acids is 2. The lowest BCUT2D eigenvalue weighted by atomic mass is 10.0. The smallest absolute Gasteiger partial charge is 0.432 e. The molecule has 1 aliphatic heterocycles. The molecule has 0 bridgehead atoms. The molecular weight excluding hydrogens is 502 g/mol. The topological polar surface area (TPSA) is 144 Å². The van der Waals surface area contributed by atoms with Crippen LogP contribution in [-0.2, 0) is 4.74 Å². The fourth-order valence-electron chi connectivity index (χ4n) is 4.56. The lowest BCUT2D eigenvalue weighted by Crippen LogP contribution is -2.42. The molecule has 0 radical (unpaired) electrons. The van der Waals surface area contributed by atoms with E-state index in [0.29, 0.717) is 29.7 Å². The molecule has 1 aromatic carbocycles. The number of aromatic nitrogens is 5. The van der Waals surface area contributed by atoms with E-state index >= 15 is 0 Å². The zero-order valence-electron chi connectivity index (χ0n) is 21.9. The highest BCUT2D eigenvalue weighted by Gasteiger charge is 2.28. The number of carbonyl (C=O) groups is 3. The van der Waals surface area contributed by atoms with E-state index in [1.807, 2.05) is 31.6 Å². The summed E-state index contributed by atoms with van der Waals surface area (Å²) in [5, 5.41) is 21.4. The van der Waals surface area contributed by atoms with Crippen LogP contribution in [0.25, 0.3) is 22.0 Å². The zero-order chi connectivity index (χ0) is 27.7. The highest BCUT2D eigenvalue weighted by Crippen LogP contribution is 2.30. The Morgan fingerprint density at radius 2 is 1.77 bits per heavy atom. The molecule has 39 heavy (non-hydrogen) atoms. The summed E-state index contributed by atoms with van der Waals surface area (Å²) >= 11 is 0. The third kappa shape index (κ3) is 5.59. The Balaban J connectivity index is 1.36. The lowest BCUT2D eigenvalue weighted by molar-refractivity contribution is 0.0184. The monoisotopic (exact) mass is 531 g/mol. The Hall–Kier alpha value is -4.74. The summed E-state index contributed by atoms with van der Waals surface area (Å²) in [7, 11) is 0. The molecule has 202 valence electrons. The van der Waals surface area contributed by atoms with E-state index in [1.165, 1.54) is 0 Å². The second kappa shape index (κ2) is 10.2. The first-order valence-corrected chi connectivity index (χ1v) is 12.6. The van der Waals surface area contributed by atoms with Crippen LogP contribution in [0.3, 0.4) is 0 Å². The second-order valence-electron chi connectivity index (χ2n) is 10.4. The first-order valence-electron chi connectivity index (χ1n) is 12.6.